The molecule has 1 aliphatic heterocycles. The van der Waals surface area contributed by atoms with Gasteiger partial charge in [-0.1, -0.05) is 66.2 Å². The van der Waals surface area contributed by atoms with Crippen LogP contribution in [0.15, 0.2) is 0 Å². The lowest BCUT2D eigenvalue weighted by Gasteiger charge is -2.49. The maximum atomic E-state index is 10.8. The Labute approximate surface area is 192 Å². The van der Waals surface area contributed by atoms with Crippen molar-refractivity contribution >= 4 is 8.32 Å². The fourth-order valence-corrected chi connectivity index (χ4v) is 7.33. The lowest BCUT2D eigenvalue weighted by molar-refractivity contribution is -0.272. The van der Waals surface area contributed by atoms with Crippen LogP contribution >= 0.6 is 0 Å². The number of hydrogen-bond acceptors (Lipinski definition) is 4. The SMILES string of the molecule is CCCCCCCCC(CCC1C(O)CC2C1CC21OCCO1)O[Si](C)(C)C(C)(C)C. The molecule has 0 aromatic rings. The Balaban J connectivity index is 1.52. The van der Waals surface area contributed by atoms with Gasteiger partial charge >= 0.3 is 0 Å². The van der Waals surface area contributed by atoms with Crippen molar-refractivity contribution in [1.29, 1.82) is 0 Å². The zero-order valence-corrected chi connectivity index (χ0v) is 22.3. The molecule has 31 heavy (non-hydrogen) atoms. The third-order valence-electron chi connectivity index (χ3n) is 8.89. The van der Waals surface area contributed by atoms with Gasteiger partial charge in [-0.05, 0) is 55.7 Å². The molecular formula is C26H50O4Si. The van der Waals surface area contributed by atoms with Crippen LogP contribution < -0.4 is 0 Å². The highest BCUT2D eigenvalue weighted by atomic mass is 28.4. The normalized spacial score (nSPS) is 31.1. The zero-order valence-electron chi connectivity index (χ0n) is 21.3. The number of hydrogen-bond donors (Lipinski definition) is 1. The Morgan fingerprint density at radius 1 is 1.03 bits per heavy atom. The number of fused-ring (bicyclic) bond motifs is 2. The van der Waals surface area contributed by atoms with Crippen LogP contribution in [0.4, 0.5) is 0 Å². The van der Waals surface area contributed by atoms with E-state index in [2.05, 4.69) is 40.8 Å². The van der Waals surface area contributed by atoms with Gasteiger partial charge in [-0.15, -0.1) is 0 Å². The largest absolute Gasteiger partial charge is 0.414 e. The molecule has 182 valence electrons. The predicted octanol–water partition coefficient (Wildman–Crippen LogP) is 6.67. The highest BCUT2D eigenvalue weighted by Crippen LogP contribution is 2.60. The molecule has 1 saturated heterocycles. The summed E-state index contributed by atoms with van der Waals surface area (Å²) in [5, 5.41) is 11.1. The van der Waals surface area contributed by atoms with Crippen LogP contribution in [0.3, 0.4) is 0 Å². The van der Waals surface area contributed by atoms with Crippen molar-refractivity contribution in [1.82, 2.24) is 0 Å². The third kappa shape index (κ3) is 5.95. The fourth-order valence-electron chi connectivity index (χ4n) is 5.91. The Hall–Kier alpha value is 0.0569. The number of ether oxygens (including phenoxy) is 2. The van der Waals surface area contributed by atoms with E-state index in [1.165, 1.54) is 44.9 Å². The van der Waals surface area contributed by atoms with Crippen LogP contribution in [0, 0.1) is 17.8 Å². The lowest BCUT2D eigenvalue weighted by Crippen LogP contribution is -2.54. The smallest absolute Gasteiger partial charge is 0.192 e. The van der Waals surface area contributed by atoms with E-state index in [-0.39, 0.29) is 16.9 Å². The van der Waals surface area contributed by atoms with Gasteiger partial charge in [-0.3, -0.25) is 0 Å². The standard InChI is InChI=1S/C26H50O4Si/c1-7-8-9-10-11-12-13-20(30-31(5,6)25(2,3)4)14-15-21-22-19-26(28-16-17-29-26)23(22)18-24(21)27/h20-24,27H,7-19H2,1-6H3. The molecule has 4 nitrogen and oxygen atoms in total. The molecule has 2 saturated carbocycles. The quantitative estimate of drug-likeness (QED) is 0.264. The summed E-state index contributed by atoms with van der Waals surface area (Å²) in [6.45, 7) is 15.5. The Morgan fingerprint density at radius 3 is 2.32 bits per heavy atom. The summed E-state index contributed by atoms with van der Waals surface area (Å²) in [6, 6.07) is 0. The van der Waals surface area contributed by atoms with Gasteiger partial charge in [-0.25, -0.2) is 0 Å². The first-order valence-corrected chi connectivity index (χ1v) is 16.1. The van der Waals surface area contributed by atoms with E-state index in [4.69, 9.17) is 13.9 Å². The topological polar surface area (TPSA) is 47.9 Å². The fraction of sp³-hybridized carbons (Fsp3) is 1.00. The summed E-state index contributed by atoms with van der Waals surface area (Å²) in [6.07, 6.45) is 13.3. The van der Waals surface area contributed by atoms with E-state index >= 15 is 0 Å². The van der Waals surface area contributed by atoms with E-state index in [0.29, 0.717) is 37.1 Å². The van der Waals surface area contributed by atoms with Gasteiger partial charge in [0.1, 0.15) is 0 Å². The molecule has 5 heteroatoms. The molecule has 0 aromatic carbocycles. The minimum absolute atomic E-state index is 0.204. The van der Waals surface area contributed by atoms with Crippen LogP contribution in [0.5, 0.6) is 0 Å². The van der Waals surface area contributed by atoms with Crippen molar-refractivity contribution in [2.24, 2.45) is 17.8 Å². The molecule has 1 N–H and O–H groups in total. The monoisotopic (exact) mass is 454 g/mol. The second-order valence-electron chi connectivity index (χ2n) is 12.1. The summed E-state index contributed by atoms with van der Waals surface area (Å²) in [5.41, 5.74) is 0. The molecule has 1 spiro atoms. The highest BCUT2D eigenvalue weighted by molar-refractivity contribution is 6.74. The van der Waals surface area contributed by atoms with E-state index in [1.54, 1.807) is 0 Å². The van der Waals surface area contributed by atoms with Crippen molar-refractivity contribution in [3.63, 3.8) is 0 Å². The van der Waals surface area contributed by atoms with Crippen LogP contribution in [0.2, 0.25) is 18.1 Å². The molecule has 2 aliphatic carbocycles. The number of aliphatic hydroxyl groups is 1. The predicted molar refractivity (Wildman–Crippen MR) is 130 cm³/mol. The zero-order chi connectivity index (χ0) is 22.7. The Morgan fingerprint density at radius 2 is 1.68 bits per heavy atom. The molecule has 3 aliphatic rings. The molecule has 1 heterocycles. The molecule has 0 radical (unpaired) electrons. The molecule has 5 unspecified atom stereocenters. The van der Waals surface area contributed by atoms with Crippen molar-refractivity contribution < 1.29 is 19.0 Å². The average molecular weight is 455 g/mol. The van der Waals surface area contributed by atoms with Gasteiger partial charge in [0.15, 0.2) is 14.1 Å². The number of aliphatic hydroxyl groups excluding tert-OH is 1. The summed E-state index contributed by atoms with van der Waals surface area (Å²) in [5.74, 6) is 0.998. The maximum Gasteiger partial charge on any atom is 0.192 e. The van der Waals surface area contributed by atoms with Crippen molar-refractivity contribution in [3.05, 3.63) is 0 Å². The minimum atomic E-state index is -1.79. The van der Waals surface area contributed by atoms with Crippen molar-refractivity contribution in [3.8, 4) is 0 Å². The summed E-state index contributed by atoms with van der Waals surface area (Å²) < 4.78 is 18.8. The summed E-state index contributed by atoms with van der Waals surface area (Å²) in [7, 11) is -1.79. The number of rotatable bonds is 12. The Bertz CT molecular complexity index is 552. The van der Waals surface area contributed by atoms with Gasteiger partial charge in [0.25, 0.3) is 0 Å². The molecule has 0 amide bonds. The first kappa shape index (κ1) is 25.7. The lowest BCUT2D eigenvalue weighted by atomic mass is 9.66. The molecule has 3 rings (SSSR count). The van der Waals surface area contributed by atoms with Crippen LogP contribution in [-0.4, -0.2) is 44.6 Å². The van der Waals surface area contributed by atoms with Crippen molar-refractivity contribution in [2.45, 2.75) is 134 Å². The summed E-state index contributed by atoms with van der Waals surface area (Å²) in [4.78, 5) is 0. The van der Waals surface area contributed by atoms with Gasteiger partial charge < -0.3 is 19.0 Å². The van der Waals surface area contributed by atoms with Crippen molar-refractivity contribution in [2.75, 3.05) is 13.2 Å². The van der Waals surface area contributed by atoms with E-state index in [1.807, 2.05) is 0 Å². The highest BCUT2D eigenvalue weighted by Gasteiger charge is 2.64. The minimum Gasteiger partial charge on any atom is -0.414 e. The molecule has 0 bridgehead atoms. The average Bonchev–Trinajstić information content (AvgIpc) is 3.27. The van der Waals surface area contributed by atoms with Crippen LogP contribution in [0.1, 0.15) is 98.3 Å². The molecule has 0 aromatic heterocycles. The summed E-state index contributed by atoms with van der Waals surface area (Å²) >= 11 is 0. The van der Waals surface area contributed by atoms with Gasteiger partial charge in [-0.2, -0.15) is 0 Å². The van der Waals surface area contributed by atoms with E-state index in [9.17, 15) is 5.11 Å². The molecule has 5 atom stereocenters. The van der Waals surface area contributed by atoms with E-state index in [0.717, 1.165) is 25.7 Å². The van der Waals surface area contributed by atoms with Gasteiger partial charge in [0, 0.05) is 18.4 Å². The maximum absolute atomic E-state index is 10.8. The van der Waals surface area contributed by atoms with Gasteiger partial charge in [0.05, 0.1) is 19.3 Å². The second-order valence-corrected chi connectivity index (χ2v) is 16.8. The third-order valence-corrected chi connectivity index (χ3v) is 13.4. The molecular weight excluding hydrogens is 404 g/mol. The molecule has 3 fully saturated rings. The number of unbranched alkanes of at least 4 members (excludes halogenated alkanes) is 5. The van der Waals surface area contributed by atoms with Crippen LogP contribution in [0.25, 0.3) is 0 Å². The van der Waals surface area contributed by atoms with E-state index < -0.39 is 8.32 Å². The van der Waals surface area contributed by atoms with Crippen LogP contribution in [-0.2, 0) is 13.9 Å². The second kappa shape index (κ2) is 10.5. The first-order chi connectivity index (χ1) is 14.6. The van der Waals surface area contributed by atoms with Gasteiger partial charge in [0.2, 0.25) is 0 Å². The first-order valence-electron chi connectivity index (χ1n) is 13.2. The Kier molecular flexibility index (Phi) is 8.73.